The maximum atomic E-state index is 12.3. The van der Waals surface area contributed by atoms with Gasteiger partial charge in [-0.05, 0) is 25.1 Å². The number of rotatable bonds is 5. The Hall–Kier alpha value is 0.175. The number of aliphatic hydroxyl groups is 2. The van der Waals surface area contributed by atoms with Crippen LogP contribution in [0.25, 0.3) is 0 Å². The van der Waals surface area contributed by atoms with E-state index in [0.29, 0.717) is 18.7 Å². The lowest BCUT2D eigenvalue weighted by atomic mass is 9.73. The summed E-state index contributed by atoms with van der Waals surface area (Å²) < 4.78 is 18.1. The van der Waals surface area contributed by atoms with Crippen LogP contribution in [0.2, 0.25) is 5.82 Å². The Morgan fingerprint density at radius 2 is 2.00 bits per heavy atom. The molecule has 1 unspecified atom stereocenters. The second-order valence-corrected chi connectivity index (χ2v) is 9.52. The van der Waals surface area contributed by atoms with Gasteiger partial charge in [0.1, 0.15) is 25.2 Å². The highest BCUT2D eigenvalue weighted by Crippen LogP contribution is 2.67. The molecule has 0 saturated heterocycles. The molecule has 0 amide bonds. The van der Waals surface area contributed by atoms with Crippen LogP contribution in [0.15, 0.2) is 0 Å². The largest absolute Gasteiger partial charge is 0.388 e. The third kappa shape index (κ3) is 1.91. The third-order valence-corrected chi connectivity index (χ3v) is 7.76. The number of hydrogen-bond donors (Lipinski definition) is 2. The van der Waals surface area contributed by atoms with E-state index in [-0.39, 0.29) is 12.3 Å². The summed E-state index contributed by atoms with van der Waals surface area (Å²) in [4.78, 5) is 0. The molecule has 0 bridgehead atoms. The van der Waals surface area contributed by atoms with Gasteiger partial charge in [-0.1, -0.05) is 13.8 Å². The maximum absolute atomic E-state index is 12.3. The van der Waals surface area contributed by atoms with Crippen molar-refractivity contribution in [1.29, 1.82) is 0 Å². The number of ether oxygens (including phenoxy) is 1. The van der Waals surface area contributed by atoms with Crippen LogP contribution in [0.1, 0.15) is 27.2 Å². The van der Waals surface area contributed by atoms with Gasteiger partial charge in [0.2, 0.25) is 0 Å². The molecule has 2 aliphatic carbocycles. The molecule has 0 spiro atoms. The lowest BCUT2D eigenvalue weighted by molar-refractivity contribution is -0.115. The van der Waals surface area contributed by atoms with Crippen molar-refractivity contribution >= 4 is 15.0 Å². The highest BCUT2D eigenvalue weighted by Gasteiger charge is 2.74. The van der Waals surface area contributed by atoms with E-state index >= 15 is 0 Å². The lowest BCUT2D eigenvalue weighted by Crippen LogP contribution is -2.46. The van der Waals surface area contributed by atoms with E-state index in [1.54, 1.807) is 6.92 Å². The molecule has 4 nitrogen and oxygen atoms in total. The molecule has 2 N–H and O–H groups in total. The van der Waals surface area contributed by atoms with Crippen molar-refractivity contribution in [2.45, 2.75) is 50.3 Å². The number of aliphatic hydroxyl groups excluding tert-OH is 1. The van der Waals surface area contributed by atoms with Crippen molar-refractivity contribution in [3.8, 4) is 0 Å². The van der Waals surface area contributed by atoms with Crippen LogP contribution in [0.4, 0.5) is 0 Å². The van der Waals surface area contributed by atoms with Crippen LogP contribution in [0.3, 0.4) is 0 Å². The smallest absolute Gasteiger partial charge is 0.112 e. The molecule has 6 heteroatoms. The van der Waals surface area contributed by atoms with Crippen molar-refractivity contribution in [3.05, 3.63) is 0 Å². The summed E-state index contributed by atoms with van der Waals surface area (Å²) in [5.74, 6) is -0.500. The number of hydrogen-bond acceptors (Lipinski definition) is 4. The van der Waals surface area contributed by atoms with E-state index in [2.05, 4.69) is 0 Å². The van der Waals surface area contributed by atoms with E-state index in [4.69, 9.17) is 12.6 Å². The van der Waals surface area contributed by atoms with Crippen molar-refractivity contribution in [3.63, 3.8) is 0 Å². The highest BCUT2D eigenvalue weighted by molar-refractivity contribution is 7.63. The van der Waals surface area contributed by atoms with Gasteiger partial charge in [-0.15, -0.1) is 0 Å². The van der Waals surface area contributed by atoms with Gasteiger partial charge in [0.05, 0.1) is 13.4 Å². The van der Waals surface area contributed by atoms with Crippen LogP contribution in [0, 0.1) is 5.92 Å². The minimum atomic E-state index is -2.29. The Bertz CT molecular complexity index is 378. The number of fused-ring (bicyclic) bond motifs is 1. The van der Waals surface area contributed by atoms with E-state index in [9.17, 15) is 14.8 Å². The zero-order chi connectivity index (χ0) is 13.8. The fourth-order valence-electron chi connectivity index (χ4n) is 3.00. The molecule has 0 aliphatic heterocycles. The fraction of sp³-hybridized carbons (Fsp3) is 1.00. The SMILES string of the molecule is [B][C@@H]1[C@H]2CC2(OCP(=O)(CC)CC)[C@@H](O)[C@@]1(C)O. The second-order valence-electron chi connectivity index (χ2n) is 5.88. The zero-order valence-corrected chi connectivity index (χ0v) is 12.2. The van der Waals surface area contributed by atoms with Gasteiger partial charge in [-0.3, -0.25) is 0 Å². The topological polar surface area (TPSA) is 66.8 Å². The van der Waals surface area contributed by atoms with E-state index in [0.717, 1.165) is 0 Å². The van der Waals surface area contributed by atoms with Gasteiger partial charge in [0, 0.05) is 12.3 Å². The molecule has 2 saturated carbocycles. The van der Waals surface area contributed by atoms with Gasteiger partial charge >= 0.3 is 0 Å². The molecule has 2 radical (unpaired) electrons. The standard InChI is InChI=1S/C12H22BO4P/c1-4-18(16,5-2)7-17-12-6-8(12)9(13)11(3,15)10(12)14/h8-10,14-15H,4-7H2,1-3H3/t8-,9-,10+,11+,12?/m1/s1. The molecular weight excluding hydrogens is 250 g/mol. The summed E-state index contributed by atoms with van der Waals surface area (Å²) in [6.45, 7) is 5.32. The Morgan fingerprint density at radius 1 is 1.44 bits per heavy atom. The summed E-state index contributed by atoms with van der Waals surface area (Å²) in [7, 11) is 3.63. The third-order valence-electron chi connectivity index (χ3n) is 4.85. The average molecular weight is 272 g/mol. The average Bonchev–Trinajstić information content (AvgIpc) is 3.06. The van der Waals surface area contributed by atoms with E-state index in [1.165, 1.54) is 0 Å². The Labute approximate surface area is 110 Å². The molecule has 5 atom stereocenters. The van der Waals surface area contributed by atoms with Crippen molar-refractivity contribution in [2.75, 3.05) is 18.7 Å². The van der Waals surface area contributed by atoms with Crippen LogP contribution in [-0.4, -0.2) is 54.0 Å². The Kier molecular flexibility index (Phi) is 3.52. The van der Waals surface area contributed by atoms with Gasteiger partial charge in [0.25, 0.3) is 0 Å². The molecule has 2 fully saturated rings. The van der Waals surface area contributed by atoms with Crippen molar-refractivity contribution in [2.24, 2.45) is 5.92 Å². The summed E-state index contributed by atoms with van der Waals surface area (Å²) in [5.41, 5.74) is -2.08. The minimum absolute atomic E-state index is 0.0235. The predicted molar refractivity (Wildman–Crippen MR) is 71.6 cm³/mol. The monoisotopic (exact) mass is 272 g/mol. The van der Waals surface area contributed by atoms with Gasteiger partial charge in [-0.25, -0.2) is 0 Å². The summed E-state index contributed by atoms with van der Waals surface area (Å²) in [5, 5.41) is 20.3. The van der Waals surface area contributed by atoms with Crippen molar-refractivity contribution < 1.29 is 19.5 Å². The van der Waals surface area contributed by atoms with Crippen LogP contribution in [0.5, 0.6) is 0 Å². The molecule has 102 valence electrons. The van der Waals surface area contributed by atoms with Gasteiger partial charge < -0.3 is 19.5 Å². The molecule has 0 aromatic carbocycles. The van der Waals surface area contributed by atoms with Crippen LogP contribution in [-0.2, 0) is 9.30 Å². The molecule has 2 rings (SSSR count). The Morgan fingerprint density at radius 3 is 2.39 bits per heavy atom. The molecule has 2 aliphatic rings. The summed E-state index contributed by atoms with van der Waals surface area (Å²) >= 11 is 0. The van der Waals surface area contributed by atoms with E-state index in [1.807, 2.05) is 13.8 Å². The molecular formula is C12H22BO4P. The fourth-order valence-corrected chi connectivity index (χ4v) is 4.29. The lowest BCUT2D eigenvalue weighted by Gasteiger charge is -2.32. The first-order chi connectivity index (χ1) is 8.23. The second kappa shape index (κ2) is 4.34. The van der Waals surface area contributed by atoms with Crippen LogP contribution < -0.4 is 0 Å². The van der Waals surface area contributed by atoms with E-state index < -0.39 is 30.3 Å². The normalized spacial score (nSPS) is 47.1. The first kappa shape index (κ1) is 14.6. The zero-order valence-electron chi connectivity index (χ0n) is 11.3. The molecule has 0 aromatic rings. The van der Waals surface area contributed by atoms with Gasteiger partial charge in [-0.2, -0.15) is 0 Å². The maximum Gasteiger partial charge on any atom is 0.112 e. The minimum Gasteiger partial charge on any atom is -0.388 e. The summed E-state index contributed by atoms with van der Waals surface area (Å²) in [6, 6.07) is 0. The first-order valence-corrected chi connectivity index (χ1v) is 8.87. The molecule has 0 heterocycles. The highest BCUT2D eigenvalue weighted by atomic mass is 31.2. The van der Waals surface area contributed by atoms with Crippen molar-refractivity contribution in [1.82, 2.24) is 0 Å². The predicted octanol–water partition coefficient (Wildman–Crippen LogP) is 1.20. The Balaban J connectivity index is 2.07. The van der Waals surface area contributed by atoms with Crippen LogP contribution >= 0.6 is 7.14 Å². The summed E-state index contributed by atoms with van der Waals surface area (Å²) in [6.07, 6.45) is 1.04. The van der Waals surface area contributed by atoms with Gasteiger partial charge in [0.15, 0.2) is 0 Å². The molecule has 0 aromatic heterocycles. The molecule has 18 heavy (non-hydrogen) atoms. The first-order valence-electron chi connectivity index (χ1n) is 6.60. The quantitative estimate of drug-likeness (QED) is 0.583.